The van der Waals surface area contributed by atoms with Gasteiger partial charge in [-0.15, -0.1) is 11.8 Å². The molecule has 0 aromatic carbocycles. The van der Waals surface area contributed by atoms with Crippen LogP contribution in [-0.4, -0.2) is 24.2 Å². The fourth-order valence-electron chi connectivity index (χ4n) is 1.46. The SMILES string of the molecule is FC(F)(F)C(F)(F)CCCC=CSC=CCCCC(F)(F)C(F)(F)F. The van der Waals surface area contributed by atoms with E-state index >= 15 is 0 Å². The lowest BCUT2D eigenvalue weighted by atomic mass is 10.1. The molecule has 25 heavy (non-hydrogen) atoms. The van der Waals surface area contributed by atoms with Gasteiger partial charge in [-0.25, -0.2) is 0 Å². The van der Waals surface area contributed by atoms with E-state index in [0.29, 0.717) is 0 Å². The first-order valence-corrected chi connectivity index (χ1v) is 7.99. The van der Waals surface area contributed by atoms with Crippen molar-refractivity contribution in [2.24, 2.45) is 0 Å². The number of hydrogen-bond donors (Lipinski definition) is 0. The van der Waals surface area contributed by atoms with E-state index in [1.807, 2.05) is 0 Å². The molecular formula is C14H16F10S. The molecule has 0 N–H and O–H groups in total. The average molecular weight is 406 g/mol. The lowest BCUT2D eigenvalue weighted by Crippen LogP contribution is -2.36. The second-order valence-corrected chi connectivity index (χ2v) is 5.89. The largest absolute Gasteiger partial charge is 0.453 e. The third-order valence-electron chi connectivity index (χ3n) is 2.90. The Labute approximate surface area is 142 Å². The lowest BCUT2D eigenvalue weighted by molar-refractivity contribution is -0.284. The van der Waals surface area contributed by atoms with Gasteiger partial charge < -0.3 is 0 Å². The summed E-state index contributed by atoms with van der Waals surface area (Å²) in [5, 5.41) is 2.79. The van der Waals surface area contributed by atoms with Crippen LogP contribution in [0.5, 0.6) is 0 Å². The van der Waals surface area contributed by atoms with Gasteiger partial charge in [0, 0.05) is 12.8 Å². The molecule has 0 fully saturated rings. The van der Waals surface area contributed by atoms with Gasteiger partial charge in [0.2, 0.25) is 0 Å². The topological polar surface area (TPSA) is 0 Å². The van der Waals surface area contributed by atoms with Crippen LogP contribution in [-0.2, 0) is 0 Å². The summed E-state index contributed by atoms with van der Waals surface area (Å²) in [5.74, 6) is -9.46. The second-order valence-electron chi connectivity index (χ2n) is 5.07. The molecule has 0 aromatic rings. The molecule has 0 aromatic heterocycles. The highest BCUT2D eigenvalue weighted by Gasteiger charge is 2.57. The zero-order chi connectivity index (χ0) is 19.8. The van der Waals surface area contributed by atoms with Crippen LogP contribution in [0.4, 0.5) is 43.9 Å². The summed E-state index contributed by atoms with van der Waals surface area (Å²) >= 11 is 1.000. The molecular weight excluding hydrogens is 390 g/mol. The van der Waals surface area contributed by atoms with Crippen LogP contribution in [0.1, 0.15) is 38.5 Å². The van der Waals surface area contributed by atoms with Gasteiger partial charge in [-0.05, 0) is 36.5 Å². The Hall–Kier alpha value is -0.870. The molecule has 0 aliphatic heterocycles. The molecule has 0 aliphatic rings. The van der Waals surface area contributed by atoms with Crippen molar-refractivity contribution in [2.45, 2.75) is 62.7 Å². The van der Waals surface area contributed by atoms with E-state index in [1.165, 1.54) is 23.0 Å². The monoisotopic (exact) mass is 406 g/mol. The quantitative estimate of drug-likeness (QED) is 0.268. The smallest absolute Gasteiger partial charge is 0.196 e. The molecule has 0 amide bonds. The molecule has 0 nitrogen and oxygen atoms in total. The highest BCUT2D eigenvalue weighted by molar-refractivity contribution is 8.04. The van der Waals surface area contributed by atoms with Crippen molar-refractivity contribution in [3.8, 4) is 0 Å². The van der Waals surface area contributed by atoms with Crippen LogP contribution in [0.25, 0.3) is 0 Å². The fourth-order valence-corrected chi connectivity index (χ4v) is 2.05. The summed E-state index contributed by atoms with van der Waals surface area (Å²) in [6.07, 6.45) is -11.8. The van der Waals surface area contributed by atoms with E-state index < -0.39 is 37.0 Å². The van der Waals surface area contributed by atoms with Crippen molar-refractivity contribution < 1.29 is 43.9 Å². The Bertz CT molecular complexity index is 394. The molecule has 0 radical (unpaired) electrons. The molecule has 0 saturated heterocycles. The minimum atomic E-state index is -5.57. The van der Waals surface area contributed by atoms with Crippen LogP contribution >= 0.6 is 11.8 Å². The molecule has 11 heteroatoms. The maximum atomic E-state index is 12.5. The van der Waals surface area contributed by atoms with Crippen molar-refractivity contribution in [3.05, 3.63) is 23.0 Å². The van der Waals surface area contributed by atoms with Gasteiger partial charge in [0.15, 0.2) is 0 Å². The number of rotatable bonds is 10. The summed E-state index contributed by atoms with van der Waals surface area (Å²) in [6.45, 7) is 0. The Balaban J connectivity index is 3.85. The predicted molar refractivity (Wildman–Crippen MR) is 75.6 cm³/mol. The van der Waals surface area contributed by atoms with Gasteiger partial charge in [-0.2, -0.15) is 43.9 Å². The summed E-state index contributed by atoms with van der Waals surface area (Å²) < 4.78 is 121. The summed E-state index contributed by atoms with van der Waals surface area (Å²) in [4.78, 5) is 0. The standard InChI is InChI=1S/C14H16F10S/c15-11(16,13(19,20)21)7-3-1-5-9-25-10-6-2-4-8-12(17,18)14(22,23)24/h5-6,9-10H,1-4,7-8H2. The van der Waals surface area contributed by atoms with E-state index in [-0.39, 0.29) is 25.7 Å². The van der Waals surface area contributed by atoms with Crippen LogP contribution in [0, 0.1) is 0 Å². The summed E-state index contributed by atoms with van der Waals surface area (Å²) in [7, 11) is 0. The van der Waals surface area contributed by atoms with E-state index in [1.54, 1.807) is 0 Å². The highest BCUT2D eigenvalue weighted by Crippen LogP contribution is 2.40. The number of unbranched alkanes of at least 4 members (excludes halogenated alkanes) is 2. The minimum Gasteiger partial charge on any atom is -0.196 e. The van der Waals surface area contributed by atoms with Crippen LogP contribution < -0.4 is 0 Å². The molecule has 0 unspecified atom stereocenters. The number of thioether (sulfide) groups is 1. The molecule has 0 spiro atoms. The first-order valence-electron chi connectivity index (χ1n) is 7.05. The number of hydrogen-bond acceptors (Lipinski definition) is 1. The number of allylic oxidation sites excluding steroid dienone is 2. The zero-order valence-corrected chi connectivity index (χ0v) is 13.6. The Morgan fingerprint density at radius 2 is 0.880 bits per heavy atom. The number of halogens is 10. The summed E-state index contributed by atoms with van der Waals surface area (Å²) in [6, 6.07) is 0. The van der Waals surface area contributed by atoms with Gasteiger partial charge in [0.1, 0.15) is 0 Å². The third kappa shape index (κ3) is 9.41. The van der Waals surface area contributed by atoms with Gasteiger partial charge in [0.25, 0.3) is 0 Å². The third-order valence-corrected chi connectivity index (χ3v) is 3.60. The maximum Gasteiger partial charge on any atom is 0.453 e. The molecule has 0 saturated carbocycles. The Kier molecular flexibility index (Phi) is 9.39. The highest BCUT2D eigenvalue weighted by atomic mass is 32.2. The van der Waals surface area contributed by atoms with Gasteiger partial charge >= 0.3 is 24.2 Å². The number of alkyl halides is 10. The Morgan fingerprint density at radius 3 is 1.16 bits per heavy atom. The van der Waals surface area contributed by atoms with Crippen molar-refractivity contribution >= 4 is 11.8 Å². The van der Waals surface area contributed by atoms with Crippen LogP contribution in [0.15, 0.2) is 23.0 Å². The molecule has 0 heterocycles. The van der Waals surface area contributed by atoms with E-state index in [9.17, 15) is 43.9 Å². The zero-order valence-electron chi connectivity index (χ0n) is 12.7. The van der Waals surface area contributed by atoms with Crippen LogP contribution in [0.3, 0.4) is 0 Å². The van der Waals surface area contributed by atoms with Crippen molar-refractivity contribution in [3.63, 3.8) is 0 Å². The lowest BCUT2D eigenvalue weighted by Gasteiger charge is -2.18. The second kappa shape index (κ2) is 9.72. The molecule has 0 aliphatic carbocycles. The van der Waals surface area contributed by atoms with Crippen molar-refractivity contribution in [1.82, 2.24) is 0 Å². The van der Waals surface area contributed by atoms with Gasteiger partial charge in [-0.3, -0.25) is 0 Å². The van der Waals surface area contributed by atoms with Crippen molar-refractivity contribution in [2.75, 3.05) is 0 Å². The Morgan fingerprint density at radius 1 is 0.560 bits per heavy atom. The fraction of sp³-hybridized carbons (Fsp3) is 0.714. The van der Waals surface area contributed by atoms with Crippen LogP contribution in [0.2, 0.25) is 0 Å². The minimum absolute atomic E-state index is 0.00961. The molecule has 0 bridgehead atoms. The predicted octanol–water partition coefficient (Wildman–Crippen LogP) is 7.48. The average Bonchev–Trinajstić information content (AvgIpc) is 2.42. The first-order chi connectivity index (χ1) is 11.2. The maximum absolute atomic E-state index is 12.5. The van der Waals surface area contributed by atoms with Gasteiger partial charge in [-0.1, -0.05) is 12.2 Å². The summed E-state index contributed by atoms with van der Waals surface area (Å²) in [5.41, 5.74) is 0. The molecule has 148 valence electrons. The molecule has 0 atom stereocenters. The molecule has 0 rings (SSSR count). The van der Waals surface area contributed by atoms with E-state index in [4.69, 9.17) is 0 Å². The van der Waals surface area contributed by atoms with Crippen molar-refractivity contribution in [1.29, 1.82) is 0 Å². The van der Waals surface area contributed by atoms with E-state index in [2.05, 4.69) is 0 Å². The normalized spacial score (nSPS) is 14.8. The van der Waals surface area contributed by atoms with E-state index in [0.717, 1.165) is 11.8 Å². The first kappa shape index (κ1) is 24.1. The van der Waals surface area contributed by atoms with Gasteiger partial charge in [0.05, 0.1) is 0 Å².